The van der Waals surface area contributed by atoms with Crippen LogP contribution >= 0.6 is 0 Å². The van der Waals surface area contributed by atoms with E-state index < -0.39 is 35.6 Å². The highest BCUT2D eigenvalue weighted by Gasteiger charge is 2.66. The van der Waals surface area contributed by atoms with E-state index in [-0.39, 0.29) is 30.9 Å². The van der Waals surface area contributed by atoms with Crippen LogP contribution in [0.15, 0.2) is 0 Å². The Labute approximate surface area is 145 Å². The molecule has 0 saturated carbocycles. The van der Waals surface area contributed by atoms with E-state index >= 15 is 0 Å². The van der Waals surface area contributed by atoms with Crippen LogP contribution in [0, 0.1) is 0 Å². The number of carbonyl (C=O) groups is 2. The number of carbonyl (C=O) groups excluding carboxylic acids is 2. The molecule has 0 unspecified atom stereocenters. The third-order valence-corrected chi connectivity index (χ3v) is 4.88. The largest absolute Gasteiger partial charge is 0.348 e. The van der Waals surface area contributed by atoms with Gasteiger partial charge in [-0.2, -0.15) is 0 Å². The van der Waals surface area contributed by atoms with E-state index in [2.05, 4.69) is 10.6 Å². The highest BCUT2D eigenvalue weighted by Crippen LogP contribution is 2.47. The molecule has 0 aliphatic carbocycles. The summed E-state index contributed by atoms with van der Waals surface area (Å²) in [6, 6.07) is 0. The lowest BCUT2D eigenvalue weighted by Gasteiger charge is -2.34. The summed E-state index contributed by atoms with van der Waals surface area (Å²) < 4.78 is 29.8. The van der Waals surface area contributed by atoms with Crippen molar-refractivity contribution in [3.8, 4) is 0 Å². The smallest absolute Gasteiger partial charge is 0.241 e. The molecule has 4 rings (SSSR count). The fourth-order valence-corrected chi connectivity index (χ4v) is 3.98. The summed E-state index contributed by atoms with van der Waals surface area (Å²) in [4.78, 5) is 24.2. The predicted molar refractivity (Wildman–Crippen MR) is 82.1 cm³/mol. The lowest BCUT2D eigenvalue weighted by atomic mass is 9.97. The first-order chi connectivity index (χ1) is 11.6. The maximum atomic E-state index is 12.1. The molecule has 9 nitrogen and oxygen atoms in total. The Morgan fingerprint density at radius 2 is 1.68 bits per heavy atom. The molecule has 140 valence electrons. The summed E-state index contributed by atoms with van der Waals surface area (Å²) in [5.74, 6) is -2.19. The van der Waals surface area contributed by atoms with Gasteiger partial charge in [-0.3, -0.25) is 9.59 Å². The van der Waals surface area contributed by atoms with Gasteiger partial charge < -0.3 is 34.3 Å². The Kier molecular flexibility index (Phi) is 3.69. The number of hydrogen-bond donors (Lipinski definition) is 2. The molecule has 4 fully saturated rings. The van der Waals surface area contributed by atoms with Gasteiger partial charge in [0.2, 0.25) is 11.8 Å². The van der Waals surface area contributed by atoms with Crippen LogP contribution in [0.2, 0.25) is 0 Å². The van der Waals surface area contributed by atoms with E-state index in [1.807, 2.05) is 13.8 Å². The van der Waals surface area contributed by atoms with Crippen molar-refractivity contribution in [2.75, 3.05) is 13.2 Å². The highest BCUT2D eigenvalue weighted by molar-refractivity contribution is 5.88. The van der Waals surface area contributed by atoms with Crippen molar-refractivity contribution < 1.29 is 33.3 Å². The van der Waals surface area contributed by atoms with Crippen molar-refractivity contribution in [1.29, 1.82) is 0 Å². The maximum Gasteiger partial charge on any atom is 0.241 e. The van der Waals surface area contributed by atoms with Gasteiger partial charge in [0.05, 0.1) is 19.6 Å². The van der Waals surface area contributed by atoms with Crippen molar-refractivity contribution in [2.24, 2.45) is 0 Å². The molecule has 4 heterocycles. The molecule has 5 atom stereocenters. The van der Waals surface area contributed by atoms with Crippen LogP contribution in [0.5, 0.6) is 0 Å². The van der Waals surface area contributed by atoms with Crippen LogP contribution in [0.4, 0.5) is 0 Å². The zero-order chi connectivity index (χ0) is 18.0. The van der Waals surface area contributed by atoms with Gasteiger partial charge in [0.1, 0.15) is 24.4 Å². The van der Waals surface area contributed by atoms with Gasteiger partial charge >= 0.3 is 0 Å². The number of hydrogen-bond acceptors (Lipinski definition) is 7. The summed E-state index contributed by atoms with van der Waals surface area (Å²) in [5.41, 5.74) is -1.28. The van der Waals surface area contributed by atoms with Crippen LogP contribution in [-0.4, -0.2) is 66.7 Å². The number of amides is 2. The molecule has 0 aromatic rings. The van der Waals surface area contributed by atoms with E-state index in [1.54, 1.807) is 13.8 Å². The Morgan fingerprint density at radius 3 is 2.36 bits per heavy atom. The van der Waals surface area contributed by atoms with Gasteiger partial charge in [-0.25, -0.2) is 0 Å². The quantitative estimate of drug-likeness (QED) is 0.646. The molecule has 1 spiro atoms. The fourth-order valence-electron chi connectivity index (χ4n) is 3.98. The number of ether oxygens (including phenoxy) is 5. The topological polar surface area (TPSA) is 104 Å². The fraction of sp³-hybridized carbons (Fsp3) is 0.875. The third kappa shape index (κ3) is 2.93. The van der Waals surface area contributed by atoms with Gasteiger partial charge in [-0.1, -0.05) is 0 Å². The average Bonchev–Trinajstić information content (AvgIpc) is 3.04. The standard InChI is InChI=1S/C16H24N2O7/c1-14(2)21-7-8(22-14)11-12-13(25-15(3,4)23-12)16(24-11)5-9(19)17-6-10(20)18-16/h8,11-13H,5-7H2,1-4H3,(H,17,19)(H,18,20)/t8-,11+,12-,13-,16-/m1/s1. The van der Waals surface area contributed by atoms with Crippen LogP contribution < -0.4 is 10.6 Å². The van der Waals surface area contributed by atoms with Crippen LogP contribution in [0.3, 0.4) is 0 Å². The first-order valence-electron chi connectivity index (χ1n) is 8.52. The molecule has 0 bridgehead atoms. The predicted octanol–water partition coefficient (Wildman–Crippen LogP) is -0.611. The molecule has 25 heavy (non-hydrogen) atoms. The van der Waals surface area contributed by atoms with Crippen LogP contribution in [0.1, 0.15) is 34.1 Å². The lowest BCUT2D eigenvalue weighted by Crippen LogP contribution is -2.57. The number of fused-ring (bicyclic) bond motifs is 2. The monoisotopic (exact) mass is 356 g/mol. The zero-order valence-corrected chi connectivity index (χ0v) is 14.8. The minimum atomic E-state index is -1.28. The second-order valence-corrected chi connectivity index (χ2v) is 7.86. The Morgan fingerprint density at radius 1 is 0.920 bits per heavy atom. The summed E-state index contributed by atoms with van der Waals surface area (Å²) in [7, 11) is 0. The molecule has 0 aromatic heterocycles. The van der Waals surface area contributed by atoms with Crippen LogP contribution in [-0.2, 0) is 33.3 Å². The number of nitrogens with one attached hydrogen (secondary N) is 2. The first kappa shape index (κ1) is 17.2. The van der Waals surface area contributed by atoms with E-state index in [9.17, 15) is 9.59 Å². The highest BCUT2D eigenvalue weighted by atomic mass is 16.8. The van der Waals surface area contributed by atoms with E-state index in [1.165, 1.54) is 0 Å². The molecular weight excluding hydrogens is 332 g/mol. The van der Waals surface area contributed by atoms with E-state index in [0.29, 0.717) is 6.61 Å². The van der Waals surface area contributed by atoms with Gasteiger partial charge in [-0.05, 0) is 27.7 Å². The van der Waals surface area contributed by atoms with Crippen molar-refractivity contribution in [3.63, 3.8) is 0 Å². The van der Waals surface area contributed by atoms with Crippen molar-refractivity contribution in [1.82, 2.24) is 10.6 Å². The molecule has 0 aromatic carbocycles. The second kappa shape index (κ2) is 5.37. The van der Waals surface area contributed by atoms with Gasteiger partial charge in [0, 0.05) is 0 Å². The molecular formula is C16H24N2O7. The molecule has 4 aliphatic heterocycles. The van der Waals surface area contributed by atoms with Crippen molar-refractivity contribution in [2.45, 2.75) is 75.8 Å². The van der Waals surface area contributed by atoms with Gasteiger partial charge in [0.15, 0.2) is 17.3 Å². The van der Waals surface area contributed by atoms with Gasteiger partial charge in [0.25, 0.3) is 0 Å². The summed E-state index contributed by atoms with van der Waals surface area (Å²) in [5, 5.41) is 5.38. The maximum absolute atomic E-state index is 12.1. The number of rotatable bonds is 1. The molecule has 2 N–H and O–H groups in total. The first-order valence-corrected chi connectivity index (χ1v) is 8.52. The average molecular weight is 356 g/mol. The molecule has 2 amide bonds. The van der Waals surface area contributed by atoms with Crippen molar-refractivity contribution >= 4 is 11.8 Å². The van der Waals surface area contributed by atoms with E-state index in [4.69, 9.17) is 23.7 Å². The molecule has 4 aliphatic rings. The summed E-state index contributed by atoms with van der Waals surface area (Å²) >= 11 is 0. The van der Waals surface area contributed by atoms with Crippen molar-refractivity contribution in [3.05, 3.63) is 0 Å². The zero-order valence-electron chi connectivity index (χ0n) is 14.8. The Hall–Kier alpha value is -1.26. The Bertz CT molecular complexity index is 587. The third-order valence-electron chi connectivity index (χ3n) is 4.88. The molecule has 4 saturated heterocycles. The summed E-state index contributed by atoms with van der Waals surface area (Å²) in [6.07, 6.45) is -2.06. The lowest BCUT2D eigenvalue weighted by molar-refractivity contribution is -0.232. The SMILES string of the molecule is CC1(C)O[C@@H]2[C@H]([C@H]3COC(C)(C)O3)O[C@]3(CC(=O)NCC(=O)N3)[C@@H]2O1. The second-order valence-electron chi connectivity index (χ2n) is 7.86. The normalized spacial score (nSPS) is 45.1. The molecule has 0 radical (unpaired) electrons. The Balaban J connectivity index is 1.67. The van der Waals surface area contributed by atoms with Crippen LogP contribution in [0.25, 0.3) is 0 Å². The minimum absolute atomic E-state index is 0.0488. The summed E-state index contributed by atoms with van der Waals surface area (Å²) in [6.45, 7) is 7.49. The van der Waals surface area contributed by atoms with E-state index in [0.717, 1.165) is 0 Å². The molecule has 9 heteroatoms. The minimum Gasteiger partial charge on any atom is -0.348 e. The van der Waals surface area contributed by atoms with Gasteiger partial charge in [-0.15, -0.1) is 0 Å².